The molecule has 0 bridgehead atoms. The van der Waals surface area contributed by atoms with Crippen molar-refractivity contribution in [2.45, 2.75) is 20.5 Å². The van der Waals surface area contributed by atoms with Gasteiger partial charge in [-0.05, 0) is 35.8 Å². The van der Waals surface area contributed by atoms with Crippen LogP contribution in [0.3, 0.4) is 0 Å². The van der Waals surface area contributed by atoms with Crippen LogP contribution >= 0.6 is 27.3 Å². The zero-order valence-corrected chi connectivity index (χ0v) is 14.3. The van der Waals surface area contributed by atoms with Gasteiger partial charge in [-0.3, -0.25) is 14.8 Å². The van der Waals surface area contributed by atoms with Gasteiger partial charge in [0.05, 0.1) is 16.4 Å². The molecule has 3 heterocycles. The van der Waals surface area contributed by atoms with E-state index in [1.165, 1.54) is 11.3 Å². The Hall–Kier alpha value is -2.00. The maximum Gasteiger partial charge on any atom is 0.277 e. The summed E-state index contributed by atoms with van der Waals surface area (Å²) in [4.78, 5) is 17.5. The molecule has 114 valence electrons. The van der Waals surface area contributed by atoms with Crippen molar-refractivity contribution >= 4 is 38.3 Å². The van der Waals surface area contributed by atoms with Gasteiger partial charge in [0.15, 0.2) is 10.8 Å². The molecule has 3 rings (SSSR count). The van der Waals surface area contributed by atoms with E-state index in [0.717, 1.165) is 15.0 Å². The van der Waals surface area contributed by atoms with Crippen LogP contribution in [0.5, 0.6) is 0 Å². The summed E-state index contributed by atoms with van der Waals surface area (Å²) in [5, 5.41) is 11.7. The number of carbonyl (C=O) groups excluding carboxylic acids is 1. The molecule has 0 unspecified atom stereocenters. The maximum atomic E-state index is 12.2. The van der Waals surface area contributed by atoms with Gasteiger partial charge in [0.1, 0.15) is 6.67 Å². The average molecular weight is 381 g/mol. The minimum atomic E-state index is -0.269. The largest absolute Gasteiger partial charge is 0.296 e. The van der Waals surface area contributed by atoms with E-state index >= 15 is 0 Å². The average Bonchev–Trinajstić information content (AvgIpc) is 3.14. The summed E-state index contributed by atoms with van der Waals surface area (Å²) in [6, 6.07) is 1.67. The van der Waals surface area contributed by atoms with E-state index in [1.807, 2.05) is 20.0 Å². The summed E-state index contributed by atoms with van der Waals surface area (Å²) in [6.07, 6.45) is 5.27. The SMILES string of the molecule is Cc1nc(NC(=O)c2ccn(Cn3cc(Br)cn3)n2)sc1C. The van der Waals surface area contributed by atoms with Crippen LogP contribution in [0.15, 0.2) is 29.1 Å². The smallest absolute Gasteiger partial charge is 0.277 e. The topological polar surface area (TPSA) is 77.6 Å². The number of carbonyl (C=O) groups is 1. The number of halogens is 1. The molecule has 1 N–H and O–H groups in total. The van der Waals surface area contributed by atoms with Gasteiger partial charge >= 0.3 is 0 Å². The molecule has 0 aromatic carbocycles. The Bertz CT molecular complexity index is 801. The van der Waals surface area contributed by atoms with Gasteiger partial charge in [-0.1, -0.05) is 0 Å². The van der Waals surface area contributed by atoms with Crippen molar-refractivity contribution in [1.82, 2.24) is 24.5 Å². The Balaban J connectivity index is 1.68. The second kappa shape index (κ2) is 6.01. The zero-order valence-electron chi connectivity index (χ0n) is 11.9. The molecule has 9 heteroatoms. The highest BCUT2D eigenvalue weighted by molar-refractivity contribution is 9.10. The third-order valence-electron chi connectivity index (χ3n) is 3.01. The Kier molecular flexibility index (Phi) is 4.08. The van der Waals surface area contributed by atoms with Gasteiger partial charge in [0, 0.05) is 17.3 Å². The van der Waals surface area contributed by atoms with Crippen molar-refractivity contribution < 1.29 is 4.79 Å². The molecule has 0 atom stereocenters. The van der Waals surface area contributed by atoms with E-state index in [1.54, 1.807) is 27.8 Å². The molecule has 7 nitrogen and oxygen atoms in total. The number of amides is 1. The number of aryl methyl sites for hydroxylation is 2. The summed E-state index contributed by atoms with van der Waals surface area (Å²) >= 11 is 4.79. The molecule has 0 aliphatic heterocycles. The van der Waals surface area contributed by atoms with Crippen LogP contribution < -0.4 is 5.32 Å². The minimum Gasteiger partial charge on any atom is -0.296 e. The van der Waals surface area contributed by atoms with E-state index in [4.69, 9.17) is 0 Å². The molecular weight excluding hydrogens is 368 g/mol. The normalized spacial score (nSPS) is 10.9. The van der Waals surface area contributed by atoms with Gasteiger partial charge in [-0.25, -0.2) is 9.67 Å². The van der Waals surface area contributed by atoms with Crippen LogP contribution in [-0.2, 0) is 6.67 Å². The number of nitrogens with zero attached hydrogens (tertiary/aromatic N) is 5. The van der Waals surface area contributed by atoms with E-state index in [-0.39, 0.29) is 5.91 Å². The molecule has 0 spiro atoms. The van der Waals surface area contributed by atoms with Crippen molar-refractivity contribution in [3.05, 3.63) is 45.4 Å². The van der Waals surface area contributed by atoms with Crippen molar-refractivity contribution in [2.75, 3.05) is 5.32 Å². The number of aromatic nitrogens is 5. The Morgan fingerprint density at radius 1 is 1.41 bits per heavy atom. The first-order chi connectivity index (χ1) is 10.5. The quantitative estimate of drug-likeness (QED) is 0.754. The Morgan fingerprint density at radius 3 is 2.86 bits per heavy atom. The predicted octanol–water partition coefficient (Wildman–Crippen LogP) is 2.67. The van der Waals surface area contributed by atoms with Crippen molar-refractivity contribution in [1.29, 1.82) is 0 Å². The van der Waals surface area contributed by atoms with Gasteiger partial charge < -0.3 is 0 Å². The number of hydrogen-bond acceptors (Lipinski definition) is 5. The maximum absolute atomic E-state index is 12.2. The van der Waals surface area contributed by atoms with Crippen molar-refractivity contribution in [3.63, 3.8) is 0 Å². The molecule has 3 aromatic rings. The fourth-order valence-electron chi connectivity index (χ4n) is 1.81. The van der Waals surface area contributed by atoms with Gasteiger partial charge in [-0.15, -0.1) is 11.3 Å². The molecule has 0 fully saturated rings. The zero-order chi connectivity index (χ0) is 15.7. The Labute approximate surface area is 139 Å². The first-order valence-electron chi connectivity index (χ1n) is 6.48. The second-order valence-electron chi connectivity index (χ2n) is 4.69. The van der Waals surface area contributed by atoms with Crippen LogP contribution in [0.1, 0.15) is 21.1 Å². The lowest BCUT2D eigenvalue weighted by atomic mass is 10.4. The van der Waals surface area contributed by atoms with Gasteiger partial charge in [0.25, 0.3) is 5.91 Å². The summed E-state index contributed by atoms with van der Waals surface area (Å²) in [5.74, 6) is -0.269. The molecule has 22 heavy (non-hydrogen) atoms. The number of rotatable bonds is 4. The molecule has 0 aliphatic rings. The van der Waals surface area contributed by atoms with Crippen molar-refractivity contribution in [2.24, 2.45) is 0 Å². The highest BCUT2D eigenvalue weighted by Gasteiger charge is 2.13. The summed E-state index contributed by atoms with van der Waals surface area (Å²) in [6.45, 7) is 4.33. The summed E-state index contributed by atoms with van der Waals surface area (Å²) in [5.41, 5.74) is 1.27. The van der Waals surface area contributed by atoms with Gasteiger partial charge in [-0.2, -0.15) is 10.2 Å². The fourth-order valence-corrected chi connectivity index (χ4v) is 2.95. The number of nitrogens with one attached hydrogen (secondary N) is 1. The fraction of sp³-hybridized carbons (Fsp3) is 0.231. The standard InChI is InChI=1S/C13H13BrN6OS/c1-8-9(2)22-13(16-8)17-12(21)11-3-4-19(18-11)7-20-6-10(14)5-15-20/h3-6H,7H2,1-2H3,(H,16,17,21). The second-order valence-corrected chi connectivity index (χ2v) is 6.81. The highest BCUT2D eigenvalue weighted by atomic mass is 79.9. The number of hydrogen-bond donors (Lipinski definition) is 1. The van der Waals surface area contributed by atoms with Crippen molar-refractivity contribution in [3.8, 4) is 0 Å². The van der Waals surface area contributed by atoms with Crippen LogP contribution in [-0.4, -0.2) is 30.5 Å². The molecule has 0 saturated carbocycles. The molecule has 0 aliphatic carbocycles. The lowest BCUT2D eigenvalue weighted by Gasteiger charge is -2.01. The summed E-state index contributed by atoms with van der Waals surface area (Å²) < 4.78 is 4.26. The monoisotopic (exact) mass is 380 g/mol. The lowest BCUT2D eigenvalue weighted by molar-refractivity contribution is 0.102. The predicted molar refractivity (Wildman–Crippen MR) is 87.1 cm³/mol. The number of anilines is 1. The number of thiazole rings is 1. The van der Waals surface area contributed by atoms with E-state index in [0.29, 0.717) is 17.5 Å². The van der Waals surface area contributed by atoms with Crippen LogP contribution in [0.2, 0.25) is 0 Å². The van der Waals surface area contributed by atoms with Crippen LogP contribution in [0.25, 0.3) is 0 Å². The van der Waals surface area contributed by atoms with Gasteiger partial charge in [0.2, 0.25) is 0 Å². The molecular formula is C13H13BrN6OS. The van der Waals surface area contributed by atoms with Crippen LogP contribution in [0.4, 0.5) is 5.13 Å². The lowest BCUT2D eigenvalue weighted by Crippen LogP contribution is -2.14. The molecule has 3 aromatic heterocycles. The van der Waals surface area contributed by atoms with E-state index in [2.05, 4.69) is 36.4 Å². The van der Waals surface area contributed by atoms with E-state index < -0.39 is 0 Å². The van der Waals surface area contributed by atoms with Crippen LogP contribution in [0, 0.1) is 13.8 Å². The van der Waals surface area contributed by atoms with E-state index in [9.17, 15) is 4.79 Å². The molecule has 0 saturated heterocycles. The third kappa shape index (κ3) is 3.25. The molecule has 0 radical (unpaired) electrons. The third-order valence-corrected chi connectivity index (χ3v) is 4.41. The minimum absolute atomic E-state index is 0.269. The Morgan fingerprint density at radius 2 is 2.23 bits per heavy atom. The summed E-state index contributed by atoms with van der Waals surface area (Å²) in [7, 11) is 0. The molecule has 1 amide bonds. The highest BCUT2D eigenvalue weighted by Crippen LogP contribution is 2.21. The first-order valence-corrected chi connectivity index (χ1v) is 8.09. The first kappa shape index (κ1) is 14.9.